The van der Waals surface area contributed by atoms with Crippen molar-refractivity contribution in [2.24, 2.45) is 0 Å². The number of rotatable bonds is 4. The number of aromatic nitrogens is 1. The van der Waals surface area contributed by atoms with E-state index in [1.54, 1.807) is 12.1 Å². The minimum Gasteiger partial charge on any atom is -0.477 e. The standard InChI is InChI=1S/C26H27F2N3O3/c27-20-13-17(29-9-3-1-4-10-29)7-8-22(20)31-16-19(26(33)34)25(32)18-14-21(28)24(15-23(18)31)30-11-5-2-6-12-30/h7-8,13-16H,1-6,9-12H2,(H,33,34). The second-order valence-corrected chi connectivity index (χ2v) is 9.10. The minimum absolute atomic E-state index is 0.0855. The van der Waals surface area contributed by atoms with Gasteiger partial charge in [-0.25, -0.2) is 13.6 Å². The fourth-order valence-corrected chi connectivity index (χ4v) is 5.10. The monoisotopic (exact) mass is 467 g/mol. The third kappa shape index (κ3) is 4.02. The van der Waals surface area contributed by atoms with E-state index in [1.807, 2.05) is 11.0 Å². The first-order valence-electron chi connectivity index (χ1n) is 11.9. The van der Waals surface area contributed by atoms with E-state index in [1.165, 1.54) is 10.6 Å². The molecule has 2 saturated heterocycles. The molecule has 178 valence electrons. The maximum Gasteiger partial charge on any atom is 0.341 e. The normalized spacial score (nSPS) is 16.8. The Labute approximate surface area is 196 Å². The van der Waals surface area contributed by atoms with Crippen LogP contribution in [0.15, 0.2) is 41.3 Å². The van der Waals surface area contributed by atoms with Gasteiger partial charge in [-0.3, -0.25) is 4.79 Å². The van der Waals surface area contributed by atoms with Crippen molar-refractivity contribution in [1.29, 1.82) is 0 Å². The number of hydrogen-bond donors (Lipinski definition) is 1. The zero-order valence-corrected chi connectivity index (χ0v) is 18.9. The molecule has 0 atom stereocenters. The molecule has 2 aromatic carbocycles. The second-order valence-electron chi connectivity index (χ2n) is 9.10. The number of piperidine rings is 2. The number of hydrogen-bond acceptors (Lipinski definition) is 4. The number of benzene rings is 2. The predicted octanol–water partition coefficient (Wildman–Crippen LogP) is 4.95. The van der Waals surface area contributed by atoms with Crippen molar-refractivity contribution >= 4 is 28.2 Å². The number of carboxylic acids is 1. The van der Waals surface area contributed by atoms with Gasteiger partial charge in [-0.05, 0) is 68.9 Å². The van der Waals surface area contributed by atoms with Crippen molar-refractivity contribution in [1.82, 2.24) is 4.57 Å². The summed E-state index contributed by atoms with van der Waals surface area (Å²) in [4.78, 5) is 28.7. The number of carbonyl (C=O) groups is 1. The van der Waals surface area contributed by atoms with Gasteiger partial charge in [-0.15, -0.1) is 0 Å². The Bertz CT molecular complexity index is 1310. The van der Waals surface area contributed by atoms with Gasteiger partial charge in [-0.1, -0.05) is 0 Å². The summed E-state index contributed by atoms with van der Waals surface area (Å²) < 4.78 is 31.9. The lowest BCUT2D eigenvalue weighted by atomic mass is 10.1. The van der Waals surface area contributed by atoms with E-state index in [2.05, 4.69) is 4.90 Å². The first-order valence-corrected chi connectivity index (χ1v) is 11.9. The van der Waals surface area contributed by atoms with Gasteiger partial charge in [0.25, 0.3) is 0 Å². The van der Waals surface area contributed by atoms with Crippen LogP contribution in [-0.2, 0) is 0 Å². The summed E-state index contributed by atoms with van der Waals surface area (Å²) in [7, 11) is 0. The Balaban J connectivity index is 1.69. The first kappa shape index (κ1) is 22.4. The van der Waals surface area contributed by atoms with Gasteiger partial charge >= 0.3 is 5.97 Å². The van der Waals surface area contributed by atoms with Crippen LogP contribution >= 0.6 is 0 Å². The number of pyridine rings is 1. The molecule has 0 saturated carbocycles. The highest BCUT2D eigenvalue weighted by molar-refractivity contribution is 5.94. The third-order valence-corrected chi connectivity index (χ3v) is 6.91. The van der Waals surface area contributed by atoms with Crippen LogP contribution in [0.4, 0.5) is 20.2 Å². The number of halogens is 2. The maximum absolute atomic E-state index is 15.4. The van der Waals surface area contributed by atoms with E-state index in [9.17, 15) is 14.7 Å². The molecular weight excluding hydrogens is 440 g/mol. The van der Waals surface area contributed by atoms with Crippen LogP contribution in [-0.4, -0.2) is 41.8 Å². The number of carboxylic acid groups (broad SMARTS) is 1. The summed E-state index contributed by atoms with van der Waals surface area (Å²) in [5.74, 6) is -2.55. The molecule has 8 heteroatoms. The molecular formula is C26H27F2N3O3. The highest BCUT2D eigenvalue weighted by Gasteiger charge is 2.22. The summed E-state index contributed by atoms with van der Waals surface area (Å²) in [6.07, 6.45) is 7.37. The lowest BCUT2D eigenvalue weighted by Gasteiger charge is -2.30. The largest absolute Gasteiger partial charge is 0.477 e. The molecule has 3 aromatic rings. The Morgan fingerprint density at radius 1 is 0.794 bits per heavy atom. The quantitative estimate of drug-likeness (QED) is 0.588. The average molecular weight is 468 g/mol. The van der Waals surface area contributed by atoms with E-state index in [4.69, 9.17) is 0 Å². The molecule has 34 heavy (non-hydrogen) atoms. The molecule has 2 fully saturated rings. The lowest BCUT2D eigenvalue weighted by molar-refractivity contribution is 0.0695. The summed E-state index contributed by atoms with van der Waals surface area (Å²) in [6.45, 7) is 3.11. The van der Waals surface area contributed by atoms with E-state index in [0.717, 1.165) is 69.6 Å². The van der Waals surface area contributed by atoms with Gasteiger partial charge in [-0.2, -0.15) is 0 Å². The van der Waals surface area contributed by atoms with Crippen LogP contribution in [0.5, 0.6) is 0 Å². The molecule has 0 radical (unpaired) electrons. The summed E-state index contributed by atoms with van der Waals surface area (Å²) >= 11 is 0. The second kappa shape index (κ2) is 9.08. The summed E-state index contributed by atoms with van der Waals surface area (Å²) in [5, 5.41) is 9.51. The van der Waals surface area contributed by atoms with E-state index >= 15 is 8.78 Å². The van der Waals surface area contributed by atoms with Crippen LogP contribution in [0.25, 0.3) is 16.6 Å². The predicted molar refractivity (Wildman–Crippen MR) is 129 cm³/mol. The van der Waals surface area contributed by atoms with Crippen molar-refractivity contribution in [2.75, 3.05) is 36.0 Å². The van der Waals surface area contributed by atoms with E-state index in [0.29, 0.717) is 18.8 Å². The van der Waals surface area contributed by atoms with Gasteiger partial charge in [0.2, 0.25) is 5.43 Å². The SMILES string of the molecule is O=C(O)c1cn(-c2ccc(N3CCCCC3)cc2F)c2cc(N3CCCCC3)c(F)cc2c1=O. The lowest BCUT2D eigenvalue weighted by Crippen LogP contribution is -2.30. The minimum atomic E-state index is -1.44. The fraction of sp³-hybridized carbons (Fsp3) is 0.385. The van der Waals surface area contributed by atoms with Gasteiger partial charge in [0, 0.05) is 43.4 Å². The highest BCUT2D eigenvalue weighted by atomic mass is 19.1. The maximum atomic E-state index is 15.4. The van der Waals surface area contributed by atoms with Crippen molar-refractivity contribution in [3.05, 3.63) is 63.9 Å². The molecule has 0 spiro atoms. The fourth-order valence-electron chi connectivity index (χ4n) is 5.10. The summed E-state index contributed by atoms with van der Waals surface area (Å²) in [5.41, 5.74) is 0.190. The van der Waals surface area contributed by atoms with Crippen molar-refractivity contribution in [3.63, 3.8) is 0 Å². The molecule has 2 aliphatic heterocycles. The van der Waals surface area contributed by atoms with Crippen molar-refractivity contribution in [3.8, 4) is 5.69 Å². The Hall–Kier alpha value is -3.42. The highest BCUT2D eigenvalue weighted by Crippen LogP contribution is 2.31. The number of anilines is 2. The van der Waals surface area contributed by atoms with Gasteiger partial charge in [0.05, 0.1) is 16.9 Å². The zero-order chi connectivity index (χ0) is 23.8. The van der Waals surface area contributed by atoms with Gasteiger partial charge < -0.3 is 19.5 Å². The van der Waals surface area contributed by atoms with Crippen molar-refractivity contribution in [2.45, 2.75) is 38.5 Å². The van der Waals surface area contributed by atoms with Crippen LogP contribution in [0.2, 0.25) is 0 Å². The molecule has 0 unspecified atom stereocenters. The van der Waals surface area contributed by atoms with Crippen molar-refractivity contribution < 1.29 is 18.7 Å². The Kier molecular flexibility index (Phi) is 5.98. The Morgan fingerprint density at radius 3 is 2.03 bits per heavy atom. The van der Waals surface area contributed by atoms with Gasteiger partial charge in [0.1, 0.15) is 17.2 Å². The smallest absolute Gasteiger partial charge is 0.341 e. The molecule has 0 aliphatic carbocycles. The van der Waals surface area contributed by atoms with Crippen LogP contribution in [0.3, 0.4) is 0 Å². The molecule has 1 N–H and O–H groups in total. The van der Waals surface area contributed by atoms with Crippen LogP contribution in [0.1, 0.15) is 48.9 Å². The molecule has 5 rings (SSSR count). The molecule has 0 amide bonds. The first-order chi connectivity index (χ1) is 16.4. The van der Waals surface area contributed by atoms with E-state index < -0.39 is 28.6 Å². The number of fused-ring (bicyclic) bond motifs is 1. The molecule has 3 heterocycles. The zero-order valence-electron chi connectivity index (χ0n) is 18.9. The summed E-state index contributed by atoms with van der Waals surface area (Å²) in [6, 6.07) is 7.48. The molecule has 0 bridgehead atoms. The third-order valence-electron chi connectivity index (χ3n) is 6.91. The van der Waals surface area contributed by atoms with Crippen LogP contribution < -0.4 is 15.2 Å². The van der Waals surface area contributed by atoms with Gasteiger partial charge in [0.15, 0.2) is 0 Å². The van der Waals surface area contributed by atoms with Crippen LogP contribution in [0, 0.1) is 11.6 Å². The Morgan fingerprint density at radius 2 is 1.41 bits per heavy atom. The molecule has 6 nitrogen and oxygen atoms in total. The average Bonchev–Trinajstić information content (AvgIpc) is 2.85. The molecule has 2 aliphatic rings. The van der Waals surface area contributed by atoms with E-state index in [-0.39, 0.29) is 16.6 Å². The number of aromatic carboxylic acids is 1. The molecule has 1 aromatic heterocycles. The topological polar surface area (TPSA) is 65.8 Å². The number of nitrogens with zero attached hydrogens (tertiary/aromatic N) is 3.